The van der Waals surface area contributed by atoms with Crippen LogP contribution in [0.15, 0.2) is 65.1 Å². The normalized spacial score (nSPS) is 22.7. The minimum absolute atomic E-state index is 0.258. The van der Waals surface area contributed by atoms with E-state index >= 15 is 0 Å². The number of anilines is 1. The molecule has 3 atom stereocenters. The van der Waals surface area contributed by atoms with E-state index in [4.69, 9.17) is 4.74 Å². The summed E-state index contributed by atoms with van der Waals surface area (Å²) < 4.78 is 6.37. The lowest BCUT2D eigenvalue weighted by atomic mass is 9.55. The van der Waals surface area contributed by atoms with Crippen molar-refractivity contribution in [3.05, 3.63) is 98.5 Å². The second kappa shape index (κ2) is 10.2. The average molecular weight is 616 g/mol. The van der Waals surface area contributed by atoms with Gasteiger partial charge in [0.15, 0.2) is 6.61 Å². The smallest absolute Gasteiger partial charge is 0.330 e. The van der Waals surface area contributed by atoms with Gasteiger partial charge in [0.2, 0.25) is 11.8 Å². The monoisotopic (exact) mass is 614 g/mol. The Labute approximate surface area is 247 Å². The number of aryl methyl sites for hydroxylation is 2. The number of nitrogens with one attached hydrogen (secondary N) is 1. The van der Waals surface area contributed by atoms with E-state index in [1.165, 1.54) is 0 Å². The Bertz CT molecular complexity index is 1500. The summed E-state index contributed by atoms with van der Waals surface area (Å²) in [5.41, 5.74) is 6.70. The molecule has 7 nitrogen and oxygen atoms in total. The molecule has 210 valence electrons. The van der Waals surface area contributed by atoms with Crippen LogP contribution in [0.4, 0.5) is 5.69 Å². The zero-order valence-corrected chi connectivity index (χ0v) is 24.9. The van der Waals surface area contributed by atoms with Crippen molar-refractivity contribution in [3.8, 4) is 0 Å². The van der Waals surface area contributed by atoms with Gasteiger partial charge in [0.05, 0.1) is 11.8 Å². The highest BCUT2D eigenvalue weighted by Crippen LogP contribution is 2.61. The molecule has 1 fully saturated rings. The molecular formula is C33H31BrN2O5. The van der Waals surface area contributed by atoms with Crippen LogP contribution in [0.25, 0.3) is 0 Å². The SMILES string of the molecule is Cc1cc(NC(=O)COC(=O)[C@@H](C(C)C)N2C(=O)[C@@H]3C4c5ccccc5C(c5ccccc54)[C@@H]3C2=O)c(C)cc1Br. The van der Waals surface area contributed by atoms with E-state index in [1.807, 2.05) is 74.5 Å². The molecule has 0 spiro atoms. The molecule has 0 aromatic heterocycles. The second-order valence-electron chi connectivity index (χ2n) is 11.6. The van der Waals surface area contributed by atoms with Crippen LogP contribution >= 0.6 is 15.9 Å². The summed E-state index contributed by atoms with van der Waals surface area (Å²) in [5.74, 6) is -4.05. The fourth-order valence-electron chi connectivity index (χ4n) is 6.97. The standard InChI is InChI=1S/C33H31BrN2O5/c1-16(2)30(33(40)41-15-25(37)35-24-14-17(3)23(34)13-18(24)4)36-31(38)28-26-19-9-5-6-10-20(19)27(29(28)32(36)39)22-12-8-7-11-21(22)26/h5-14,16,26-30H,15H2,1-4H3,(H,35,37)/t26?,27?,28-,29+,30-/m1/s1. The van der Waals surface area contributed by atoms with Crippen LogP contribution in [0.3, 0.4) is 0 Å². The minimum atomic E-state index is -1.13. The lowest BCUT2D eigenvalue weighted by Crippen LogP contribution is -2.49. The molecule has 7 rings (SSSR count). The fraction of sp³-hybridized carbons (Fsp3) is 0.333. The van der Waals surface area contributed by atoms with Gasteiger partial charge in [-0.1, -0.05) is 78.3 Å². The fourth-order valence-corrected chi connectivity index (χ4v) is 7.43. The first-order valence-corrected chi connectivity index (χ1v) is 14.7. The third kappa shape index (κ3) is 4.31. The average Bonchev–Trinajstić information content (AvgIpc) is 3.20. The van der Waals surface area contributed by atoms with E-state index in [2.05, 4.69) is 21.2 Å². The van der Waals surface area contributed by atoms with Crippen LogP contribution in [0.2, 0.25) is 0 Å². The predicted molar refractivity (Wildman–Crippen MR) is 157 cm³/mol. The van der Waals surface area contributed by atoms with E-state index in [-0.39, 0.29) is 23.7 Å². The maximum Gasteiger partial charge on any atom is 0.330 e. The van der Waals surface area contributed by atoms with E-state index in [9.17, 15) is 19.2 Å². The Hall–Kier alpha value is -3.78. The molecule has 3 amide bonds. The predicted octanol–water partition coefficient (Wildman–Crippen LogP) is 5.46. The van der Waals surface area contributed by atoms with Crippen molar-refractivity contribution in [1.29, 1.82) is 0 Å². The Morgan fingerprint density at radius 1 is 0.854 bits per heavy atom. The minimum Gasteiger partial charge on any atom is -0.454 e. The molecule has 4 aliphatic rings. The van der Waals surface area contributed by atoms with Crippen LogP contribution in [0, 0.1) is 31.6 Å². The quantitative estimate of drug-likeness (QED) is 0.294. The zero-order chi connectivity index (χ0) is 29.2. The van der Waals surface area contributed by atoms with Crippen molar-refractivity contribution in [2.75, 3.05) is 11.9 Å². The number of likely N-dealkylation sites (tertiary alicyclic amines) is 1. The van der Waals surface area contributed by atoms with Gasteiger partial charge in [-0.15, -0.1) is 0 Å². The summed E-state index contributed by atoms with van der Waals surface area (Å²) in [5, 5.41) is 2.79. The van der Waals surface area contributed by atoms with Crippen LogP contribution in [0.5, 0.6) is 0 Å². The van der Waals surface area contributed by atoms with Crippen molar-refractivity contribution in [2.45, 2.75) is 45.6 Å². The van der Waals surface area contributed by atoms with Gasteiger partial charge in [-0.3, -0.25) is 19.3 Å². The number of benzene rings is 3. The molecule has 3 aromatic carbocycles. The molecule has 1 saturated heterocycles. The van der Waals surface area contributed by atoms with Gasteiger partial charge in [0.25, 0.3) is 5.91 Å². The van der Waals surface area contributed by atoms with Crippen molar-refractivity contribution < 1.29 is 23.9 Å². The molecule has 3 aliphatic carbocycles. The summed E-state index contributed by atoms with van der Waals surface area (Å²) >= 11 is 3.48. The third-order valence-corrected chi connectivity index (χ3v) is 9.61. The summed E-state index contributed by atoms with van der Waals surface area (Å²) in [6.07, 6.45) is 0. The van der Waals surface area contributed by atoms with Crippen LogP contribution in [-0.4, -0.2) is 41.2 Å². The molecule has 1 heterocycles. The summed E-state index contributed by atoms with van der Waals surface area (Å²) in [6.45, 7) is 6.81. The number of esters is 1. The molecule has 0 saturated carbocycles. The number of carbonyl (C=O) groups is 4. The lowest BCUT2D eigenvalue weighted by molar-refractivity contribution is -0.162. The molecule has 1 N–H and O–H groups in total. The van der Waals surface area contributed by atoms with Gasteiger partial charge in [0.1, 0.15) is 6.04 Å². The van der Waals surface area contributed by atoms with Crippen LogP contribution in [-0.2, 0) is 23.9 Å². The van der Waals surface area contributed by atoms with Crippen molar-refractivity contribution in [1.82, 2.24) is 4.90 Å². The highest BCUT2D eigenvalue weighted by Gasteiger charge is 2.63. The van der Waals surface area contributed by atoms with Crippen molar-refractivity contribution in [2.24, 2.45) is 17.8 Å². The first-order chi connectivity index (χ1) is 19.6. The van der Waals surface area contributed by atoms with Crippen molar-refractivity contribution >= 4 is 45.3 Å². The van der Waals surface area contributed by atoms with E-state index in [1.54, 1.807) is 13.8 Å². The largest absolute Gasteiger partial charge is 0.454 e. The number of halogens is 1. The van der Waals surface area contributed by atoms with Gasteiger partial charge < -0.3 is 10.1 Å². The molecule has 2 bridgehead atoms. The van der Waals surface area contributed by atoms with Gasteiger partial charge in [-0.2, -0.15) is 0 Å². The summed E-state index contributed by atoms with van der Waals surface area (Å²) in [7, 11) is 0. The van der Waals surface area contributed by atoms with E-state index in [0.29, 0.717) is 5.69 Å². The van der Waals surface area contributed by atoms with Crippen LogP contribution < -0.4 is 5.32 Å². The second-order valence-corrected chi connectivity index (χ2v) is 12.4. The number of imide groups is 1. The highest BCUT2D eigenvalue weighted by atomic mass is 79.9. The molecule has 3 aromatic rings. The zero-order valence-electron chi connectivity index (χ0n) is 23.3. The molecule has 8 heteroatoms. The highest BCUT2D eigenvalue weighted by molar-refractivity contribution is 9.10. The number of carbonyl (C=O) groups excluding carboxylic acids is 4. The number of hydrogen-bond donors (Lipinski definition) is 1. The Balaban J connectivity index is 1.25. The third-order valence-electron chi connectivity index (χ3n) is 8.76. The van der Waals surface area contributed by atoms with Crippen molar-refractivity contribution in [3.63, 3.8) is 0 Å². The molecule has 0 unspecified atom stereocenters. The maximum absolute atomic E-state index is 14.1. The molecule has 1 aliphatic heterocycles. The number of nitrogens with zero attached hydrogens (tertiary/aromatic N) is 1. The molecular weight excluding hydrogens is 584 g/mol. The first kappa shape index (κ1) is 27.4. The number of ether oxygens (including phenoxy) is 1. The summed E-state index contributed by atoms with van der Waals surface area (Å²) in [6, 6.07) is 18.6. The van der Waals surface area contributed by atoms with Gasteiger partial charge >= 0.3 is 5.97 Å². The number of amides is 3. The Kier molecular flexibility index (Phi) is 6.85. The van der Waals surface area contributed by atoms with Gasteiger partial charge in [0, 0.05) is 22.0 Å². The lowest BCUT2D eigenvalue weighted by Gasteiger charge is -2.45. The number of rotatable bonds is 6. The molecule has 41 heavy (non-hydrogen) atoms. The maximum atomic E-state index is 14.1. The first-order valence-electron chi connectivity index (χ1n) is 13.9. The van der Waals surface area contributed by atoms with Gasteiger partial charge in [-0.05, 0) is 65.3 Å². The topological polar surface area (TPSA) is 92.8 Å². The Morgan fingerprint density at radius 3 is 1.80 bits per heavy atom. The van der Waals surface area contributed by atoms with Gasteiger partial charge in [-0.25, -0.2) is 4.79 Å². The van der Waals surface area contributed by atoms with E-state index < -0.39 is 42.3 Å². The molecule has 0 radical (unpaired) electrons. The number of hydrogen-bond acceptors (Lipinski definition) is 5. The van der Waals surface area contributed by atoms with Crippen LogP contribution in [0.1, 0.15) is 59.1 Å². The summed E-state index contributed by atoms with van der Waals surface area (Å²) in [4.78, 5) is 55.5. The Morgan fingerprint density at radius 2 is 1.34 bits per heavy atom. The van der Waals surface area contributed by atoms with E-state index in [0.717, 1.165) is 42.8 Å².